The molecule has 0 bridgehead atoms. The first-order valence-electron chi connectivity index (χ1n) is 9.80. The Hall–Kier alpha value is -3.86. The number of rotatable bonds is 6. The van der Waals surface area contributed by atoms with Crippen LogP contribution in [0.4, 0.5) is 4.39 Å². The first-order chi connectivity index (χ1) is 15.0. The van der Waals surface area contributed by atoms with E-state index in [9.17, 15) is 9.18 Å². The van der Waals surface area contributed by atoms with Gasteiger partial charge in [-0.3, -0.25) is 0 Å². The van der Waals surface area contributed by atoms with E-state index >= 15 is 0 Å². The van der Waals surface area contributed by atoms with Crippen molar-refractivity contribution in [3.8, 4) is 11.5 Å². The first-order valence-corrected chi connectivity index (χ1v) is 9.80. The van der Waals surface area contributed by atoms with Crippen LogP contribution in [0.2, 0.25) is 0 Å². The normalized spacial score (nSPS) is 14.4. The number of cyclic esters (lactones) is 1. The number of halogens is 1. The van der Waals surface area contributed by atoms with E-state index in [-0.39, 0.29) is 12.4 Å². The quantitative estimate of drug-likeness (QED) is 0.382. The largest absolute Gasteiger partial charge is 0.493 e. The maximum atomic E-state index is 13.0. The Morgan fingerprint density at radius 3 is 2.42 bits per heavy atom. The van der Waals surface area contributed by atoms with Gasteiger partial charge >= 0.3 is 5.97 Å². The summed E-state index contributed by atoms with van der Waals surface area (Å²) in [6.45, 7) is 2.29. The molecule has 0 aromatic heterocycles. The summed E-state index contributed by atoms with van der Waals surface area (Å²) in [7, 11) is 1.55. The van der Waals surface area contributed by atoms with Crippen molar-refractivity contribution in [1.29, 1.82) is 0 Å². The molecule has 0 atom stereocenters. The highest BCUT2D eigenvalue weighted by Gasteiger charge is 2.22. The third kappa shape index (κ3) is 4.83. The lowest BCUT2D eigenvalue weighted by molar-refractivity contribution is -0.130. The highest BCUT2D eigenvalue weighted by molar-refractivity contribution is 6.05. The van der Waals surface area contributed by atoms with Gasteiger partial charge in [0.1, 0.15) is 18.2 Å². The molecule has 0 spiro atoms. The van der Waals surface area contributed by atoms with Crippen molar-refractivity contribution < 1.29 is 23.4 Å². The molecule has 1 heterocycles. The van der Waals surface area contributed by atoms with Crippen LogP contribution >= 0.6 is 0 Å². The molecule has 4 rings (SSSR count). The zero-order valence-electron chi connectivity index (χ0n) is 17.2. The number of hydrogen-bond acceptors (Lipinski definition) is 4. The number of aryl methyl sites for hydroxylation is 1. The molecule has 31 heavy (non-hydrogen) atoms. The van der Waals surface area contributed by atoms with E-state index in [1.54, 1.807) is 43.5 Å². The lowest BCUT2D eigenvalue weighted by Gasteiger charge is -2.11. The van der Waals surface area contributed by atoms with Gasteiger partial charge in [0, 0.05) is 5.56 Å². The molecule has 0 radical (unpaired) electrons. The summed E-state index contributed by atoms with van der Waals surface area (Å²) < 4.78 is 29.7. The Balaban J connectivity index is 1.52. The van der Waals surface area contributed by atoms with Crippen molar-refractivity contribution >= 4 is 17.8 Å². The van der Waals surface area contributed by atoms with Crippen molar-refractivity contribution in [3.63, 3.8) is 0 Å². The van der Waals surface area contributed by atoms with Crippen LogP contribution in [0.3, 0.4) is 0 Å². The van der Waals surface area contributed by atoms with Crippen molar-refractivity contribution in [3.05, 3.63) is 106 Å². The zero-order valence-corrected chi connectivity index (χ0v) is 17.2. The topological polar surface area (TPSA) is 44.8 Å². The maximum absolute atomic E-state index is 13.0. The van der Waals surface area contributed by atoms with Gasteiger partial charge in [-0.15, -0.1) is 0 Å². The van der Waals surface area contributed by atoms with Gasteiger partial charge in [0.15, 0.2) is 11.5 Å². The smallest absolute Gasteiger partial charge is 0.343 e. The third-order valence-corrected chi connectivity index (χ3v) is 4.88. The number of ether oxygens (including phenoxy) is 3. The summed E-state index contributed by atoms with van der Waals surface area (Å²) >= 11 is 0. The van der Waals surface area contributed by atoms with Crippen molar-refractivity contribution in [2.45, 2.75) is 13.5 Å². The van der Waals surface area contributed by atoms with E-state index in [0.717, 1.165) is 22.3 Å². The molecule has 3 aromatic carbocycles. The van der Waals surface area contributed by atoms with Crippen molar-refractivity contribution in [2.24, 2.45) is 0 Å². The molecule has 0 saturated heterocycles. The third-order valence-electron chi connectivity index (χ3n) is 4.88. The van der Waals surface area contributed by atoms with Gasteiger partial charge in [0.2, 0.25) is 0 Å². The molecule has 156 valence electrons. The lowest BCUT2D eigenvalue weighted by Crippen LogP contribution is -1.99. The number of carbonyl (C=O) groups excluding carboxylic acids is 1. The Morgan fingerprint density at radius 1 is 0.968 bits per heavy atom. The zero-order chi connectivity index (χ0) is 21.8. The molecule has 0 unspecified atom stereocenters. The summed E-state index contributed by atoms with van der Waals surface area (Å²) in [4.78, 5) is 12.3. The van der Waals surface area contributed by atoms with Gasteiger partial charge in [-0.1, -0.05) is 48.0 Å². The van der Waals surface area contributed by atoms with Gasteiger partial charge in [-0.25, -0.2) is 9.18 Å². The SMILES string of the molecule is COc1cc(/C=C2\C=C(c3ccc(C)cc3)OC2=O)ccc1OCc1ccc(F)cc1. The molecule has 5 heteroatoms. The minimum absolute atomic E-state index is 0.284. The van der Waals surface area contributed by atoms with Gasteiger partial charge in [0.05, 0.1) is 12.7 Å². The second-order valence-electron chi connectivity index (χ2n) is 7.19. The van der Waals surface area contributed by atoms with Gasteiger partial charge in [-0.2, -0.15) is 0 Å². The van der Waals surface area contributed by atoms with Gasteiger partial charge in [-0.05, 0) is 54.5 Å². The van der Waals surface area contributed by atoms with E-state index in [2.05, 4.69) is 0 Å². The van der Waals surface area contributed by atoms with Crippen LogP contribution < -0.4 is 9.47 Å². The van der Waals surface area contributed by atoms with Gasteiger partial charge in [0.25, 0.3) is 0 Å². The fraction of sp³-hybridized carbons (Fsp3) is 0.115. The molecule has 0 saturated carbocycles. The molecule has 1 aliphatic heterocycles. The summed E-state index contributed by atoms with van der Waals surface area (Å²) in [5, 5.41) is 0. The monoisotopic (exact) mass is 416 g/mol. The molecular formula is C26H21FO4. The minimum Gasteiger partial charge on any atom is -0.493 e. The minimum atomic E-state index is -0.397. The Bertz CT molecular complexity index is 1160. The van der Waals surface area contributed by atoms with Crippen molar-refractivity contribution in [2.75, 3.05) is 7.11 Å². The molecule has 4 nitrogen and oxygen atoms in total. The van der Waals surface area contributed by atoms with E-state index in [4.69, 9.17) is 14.2 Å². The highest BCUT2D eigenvalue weighted by Crippen LogP contribution is 2.32. The number of esters is 1. The van der Waals surface area contributed by atoms with E-state index in [0.29, 0.717) is 22.8 Å². The Morgan fingerprint density at radius 2 is 1.71 bits per heavy atom. The fourth-order valence-electron chi connectivity index (χ4n) is 3.16. The van der Waals surface area contributed by atoms with Crippen LogP contribution in [0, 0.1) is 12.7 Å². The first kappa shape index (κ1) is 20.4. The second kappa shape index (κ2) is 8.88. The number of methoxy groups -OCH3 is 1. The second-order valence-corrected chi connectivity index (χ2v) is 7.19. The molecule has 0 fully saturated rings. The Labute approximate surface area is 180 Å². The molecule has 3 aromatic rings. The predicted octanol–water partition coefficient (Wildman–Crippen LogP) is 5.70. The lowest BCUT2D eigenvalue weighted by atomic mass is 10.1. The number of hydrogen-bond donors (Lipinski definition) is 0. The summed E-state index contributed by atoms with van der Waals surface area (Å²) in [6, 6.07) is 19.3. The van der Waals surface area contributed by atoms with Crippen LogP contribution in [0.5, 0.6) is 11.5 Å². The van der Waals surface area contributed by atoms with Gasteiger partial charge < -0.3 is 14.2 Å². The van der Waals surface area contributed by atoms with Crippen LogP contribution in [-0.2, 0) is 16.1 Å². The predicted molar refractivity (Wildman–Crippen MR) is 117 cm³/mol. The number of carbonyl (C=O) groups is 1. The molecule has 0 amide bonds. The average Bonchev–Trinajstić information content (AvgIpc) is 3.14. The van der Waals surface area contributed by atoms with E-state index < -0.39 is 5.97 Å². The highest BCUT2D eigenvalue weighted by atomic mass is 19.1. The van der Waals surface area contributed by atoms with Crippen LogP contribution in [0.15, 0.2) is 78.4 Å². The van der Waals surface area contributed by atoms with E-state index in [1.165, 1.54) is 12.1 Å². The van der Waals surface area contributed by atoms with E-state index in [1.807, 2.05) is 37.3 Å². The molecule has 0 aliphatic carbocycles. The van der Waals surface area contributed by atoms with Crippen molar-refractivity contribution in [1.82, 2.24) is 0 Å². The summed E-state index contributed by atoms with van der Waals surface area (Å²) in [5.41, 5.74) is 4.07. The molecular weight excluding hydrogens is 395 g/mol. The van der Waals surface area contributed by atoms with Crippen LogP contribution in [0.1, 0.15) is 22.3 Å². The average molecular weight is 416 g/mol. The van der Waals surface area contributed by atoms with Crippen LogP contribution in [0.25, 0.3) is 11.8 Å². The standard InChI is InChI=1S/C26H21FO4/c1-17-3-8-20(9-4-17)24-15-21(26(28)31-24)13-19-7-12-23(25(14-19)29-2)30-16-18-5-10-22(27)11-6-18/h3-15H,16H2,1-2H3/b21-13+. The summed E-state index contributed by atoms with van der Waals surface area (Å²) in [5.74, 6) is 0.932. The number of benzene rings is 3. The molecule has 0 N–H and O–H groups in total. The maximum Gasteiger partial charge on any atom is 0.343 e. The molecule has 1 aliphatic rings. The van der Waals surface area contributed by atoms with Crippen LogP contribution in [-0.4, -0.2) is 13.1 Å². The fourth-order valence-corrected chi connectivity index (χ4v) is 3.16. The summed E-state index contributed by atoms with van der Waals surface area (Å²) in [6.07, 6.45) is 3.48. The Kier molecular flexibility index (Phi) is 5.85.